The summed E-state index contributed by atoms with van der Waals surface area (Å²) >= 11 is 0. The molecule has 0 bridgehead atoms. The number of hydrogen-bond donors (Lipinski definition) is 1. The van der Waals surface area contributed by atoms with Crippen LogP contribution in [0.25, 0.3) is 22.5 Å². The van der Waals surface area contributed by atoms with E-state index in [1.807, 2.05) is 31.2 Å². The number of methoxy groups -OCH3 is 1. The first-order valence-corrected chi connectivity index (χ1v) is 12.4. The molecule has 1 aromatic carbocycles. The highest BCUT2D eigenvalue weighted by molar-refractivity contribution is 5.93. The molecule has 2 saturated heterocycles. The topological polar surface area (TPSA) is 81.9 Å². The van der Waals surface area contributed by atoms with Crippen molar-refractivity contribution in [2.24, 2.45) is 0 Å². The van der Waals surface area contributed by atoms with Crippen molar-refractivity contribution in [2.45, 2.75) is 45.1 Å². The van der Waals surface area contributed by atoms with E-state index in [1.165, 1.54) is 25.9 Å². The van der Waals surface area contributed by atoms with Crippen LogP contribution in [-0.2, 0) is 4.74 Å². The Hall–Kier alpha value is -2.84. The van der Waals surface area contributed by atoms with Crippen LogP contribution in [0, 0.1) is 6.92 Å². The summed E-state index contributed by atoms with van der Waals surface area (Å²) in [7, 11) is 1.67. The van der Waals surface area contributed by atoms with Gasteiger partial charge in [-0.25, -0.2) is 9.97 Å². The summed E-state index contributed by atoms with van der Waals surface area (Å²) in [5, 5.41) is 4.46. The van der Waals surface area contributed by atoms with Gasteiger partial charge < -0.3 is 28.8 Å². The van der Waals surface area contributed by atoms with E-state index in [1.54, 1.807) is 7.11 Å². The minimum atomic E-state index is 0.200. The third-order valence-corrected chi connectivity index (χ3v) is 6.52. The van der Waals surface area contributed by atoms with Crippen LogP contribution in [0.4, 0.5) is 5.82 Å². The van der Waals surface area contributed by atoms with Crippen molar-refractivity contribution >= 4 is 16.7 Å². The molecule has 8 nitrogen and oxygen atoms in total. The summed E-state index contributed by atoms with van der Waals surface area (Å²) in [5.41, 5.74) is 0.786. The molecule has 1 unspecified atom stereocenters. The second-order valence-electron chi connectivity index (χ2n) is 9.14. The third kappa shape index (κ3) is 5.28. The number of aryl methyl sites for hydroxylation is 1. The maximum Gasteiger partial charge on any atom is 0.198 e. The Morgan fingerprint density at radius 2 is 2.00 bits per heavy atom. The highest BCUT2D eigenvalue weighted by atomic mass is 16.5. The zero-order chi connectivity index (χ0) is 23.3. The third-order valence-electron chi connectivity index (χ3n) is 6.52. The molecule has 0 amide bonds. The van der Waals surface area contributed by atoms with Crippen molar-refractivity contribution in [1.82, 2.24) is 14.9 Å². The van der Waals surface area contributed by atoms with Gasteiger partial charge in [-0.05, 0) is 70.3 Å². The van der Waals surface area contributed by atoms with Gasteiger partial charge >= 0.3 is 0 Å². The van der Waals surface area contributed by atoms with E-state index in [2.05, 4.69) is 10.2 Å². The number of anilines is 1. The number of benzene rings is 1. The number of rotatable bonds is 9. The number of nitrogens with one attached hydrogen (secondary N) is 1. The van der Waals surface area contributed by atoms with Gasteiger partial charge in [-0.15, -0.1) is 0 Å². The van der Waals surface area contributed by atoms with Crippen molar-refractivity contribution in [2.75, 3.05) is 51.9 Å². The molecule has 8 heteroatoms. The van der Waals surface area contributed by atoms with Crippen molar-refractivity contribution in [3.8, 4) is 23.1 Å². The second kappa shape index (κ2) is 10.6. The largest absolute Gasteiger partial charge is 0.493 e. The molecule has 0 spiro atoms. The first-order valence-electron chi connectivity index (χ1n) is 12.4. The van der Waals surface area contributed by atoms with Gasteiger partial charge in [0.1, 0.15) is 11.6 Å². The van der Waals surface area contributed by atoms with E-state index in [0.717, 1.165) is 54.9 Å². The Morgan fingerprint density at radius 1 is 1.12 bits per heavy atom. The van der Waals surface area contributed by atoms with Gasteiger partial charge in [0.05, 0.1) is 31.9 Å². The number of fused-ring (bicyclic) bond motifs is 1. The van der Waals surface area contributed by atoms with E-state index in [-0.39, 0.29) is 6.04 Å². The maximum absolute atomic E-state index is 6.16. The quantitative estimate of drug-likeness (QED) is 0.456. The van der Waals surface area contributed by atoms with Gasteiger partial charge in [0.15, 0.2) is 23.1 Å². The Kier molecular flexibility index (Phi) is 7.16. The minimum Gasteiger partial charge on any atom is -0.493 e. The summed E-state index contributed by atoms with van der Waals surface area (Å²) in [5.74, 6) is 4.15. The lowest BCUT2D eigenvalue weighted by Crippen LogP contribution is -2.30. The predicted octanol–water partition coefficient (Wildman–Crippen LogP) is 4.66. The highest BCUT2D eigenvalue weighted by Crippen LogP contribution is 2.36. The van der Waals surface area contributed by atoms with Crippen molar-refractivity contribution in [1.29, 1.82) is 0 Å². The Labute approximate surface area is 200 Å². The van der Waals surface area contributed by atoms with Gasteiger partial charge in [-0.1, -0.05) is 0 Å². The normalized spacial score (nSPS) is 18.9. The fourth-order valence-electron chi connectivity index (χ4n) is 4.71. The lowest BCUT2D eigenvalue weighted by molar-refractivity contribution is 0.0875. The molecule has 2 fully saturated rings. The van der Waals surface area contributed by atoms with E-state index >= 15 is 0 Å². The molecule has 34 heavy (non-hydrogen) atoms. The number of likely N-dealkylation sites (tertiary alicyclic amines) is 1. The molecule has 1 N–H and O–H groups in total. The molecule has 0 radical (unpaired) electrons. The molecule has 2 aliphatic heterocycles. The van der Waals surface area contributed by atoms with Crippen molar-refractivity contribution in [3.05, 3.63) is 30.0 Å². The maximum atomic E-state index is 6.16. The van der Waals surface area contributed by atoms with Crippen LogP contribution in [0.1, 0.15) is 37.9 Å². The summed E-state index contributed by atoms with van der Waals surface area (Å²) in [6, 6.07) is 7.95. The molecule has 2 aliphatic rings. The lowest BCUT2D eigenvalue weighted by atomic mass is 10.1. The van der Waals surface area contributed by atoms with E-state index in [9.17, 15) is 0 Å². The SMILES string of the molecule is COc1cc2c(NC3CCCOC3)nc(-c3ccc(C)o3)nc2cc1OCCCN1CCCC1. The molecule has 2 aromatic heterocycles. The summed E-state index contributed by atoms with van der Waals surface area (Å²) in [4.78, 5) is 12.1. The lowest BCUT2D eigenvalue weighted by Gasteiger charge is -2.24. The molecule has 4 heterocycles. The van der Waals surface area contributed by atoms with Crippen LogP contribution in [0.15, 0.2) is 28.7 Å². The highest BCUT2D eigenvalue weighted by Gasteiger charge is 2.20. The van der Waals surface area contributed by atoms with Crippen LogP contribution < -0.4 is 14.8 Å². The molecule has 1 atom stereocenters. The van der Waals surface area contributed by atoms with Crippen molar-refractivity contribution in [3.63, 3.8) is 0 Å². The first kappa shape index (κ1) is 22.9. The molecule has 182 valence electrons. The molecule has 0 saturated carbocycles. The van der Waals surface area contributed by atoms with Crippen LogP contribution >= 0.6 is 0 Å². The number of ether oxygens (including phenoxy) is 3. The minimum absolute atomic E-state index is 0.200. The number of nitrogens with zero attached hydrogens (tertiary/aromatic N) is 3. The monoisotopic (exact) mass is 466 g/mol. The zero-order valence-corrected chi connectivity index (χ0v) is 20.1. The van der Waals surface area contributed by atoms with Gasteiger partial charge in [0.25, 0.3) is 0 Å². The molecular formula is C26H34N4O4. The van der Waals surface area contributed by atoms with Gasteiger partial charge in [0, 0.05) is 24.6 Å². The molecule has 3 aromatic rings. The van der Waals surface area contributed by atoms with E-state index < -0.39 is 0 Å². The fourth-order valence-corrected chi connectivity index (χ4v) is 4.71. The average molecular weight is 467 g/mol. The van der Waals surface area contributed by atoms with Crippen LogP contribution in [-0.4, -0.2) is 67.5 Å². The summed E-state index contributed by atoms with van der Waals surface area (Å²) in [6.07, 6.45) is 5.66. The fraction of sp³-hybridized carbons (Fsp3) is 0.538. The first-order chi connectivity index (χ1) is 16.7. The smallest absolute Gasteiger partial charge is 0.198 e. The molecular weight excluding hydrogens is 432 g/mol. The van der Waals surface area contributed by atoms with E-state index in [0.29, 0.717) is 36.3 Å². The summed E-state index contributed by atoms with van der Waals surface area (Å²) < 4.78 is 23.3. The average Bonchev–Trinajstić information content (AvgIpc) is 3.54. The second-order valence-corrected chi connectivity index (χ2v) is 9.14. The summed E-state index contributed by atoms with van der Waals surface area (Å²) in [6.45, 7) is 7.50. The Morgan fingerprint density at radius 3 is 2.74 bits per heavy atom. The molecule has 0 aliphatic carbocycles. The molecule has 5 rings (SSSR count). The van der Waals surface area contributed by atoms with Gasteiger partial charge in [-0.3, -0.25) is 0 Å². The Balaban J connectivity index is 1.43. The number of hydrogen-bond acceptors (Lipinski definition) is 8. The zero-order valence-electron chi connectivity index (χ0n) is 20.1. The van der Waals surface area contributed by atoms with Crippen molar-refractivity contribution < 1.29 is 18.6 Å². The predicted molar refractivity (Wildman–Crippen MR) is 132 cm³/mol. The van der Waals surface area contributed by atoms with Crippen LogP contribution in [0.3, 0.4) is 0 Å². The number of furan rings is 1. The van der Waals surface area contributed by atoms with Gasteiger partial charge in [0.2, 0.25) is 0 Å². The van der Waals surface area contributed by atoms with Gasteiger partial charge in [-0.2, -0.15) is 0 Å². The van der Waals surface area contributed by atoms with Crippen LogP contribution in [0.5, 0.6) is 11.5 Å². The van der Waals surface area contributed by atoms with E-state index in [4.69, 9.17) is 28.6 Å². The number of aromatic nitrogens is 2. The standard InChI is InChI=1S/C26H34N4O4/c1-18-8-9-22(34-18)26-28-21-16-24(33-14-6-12-30-10-3-4-11-30)23(31-2)15-20(21)25(29-26)27-19-7-5-13-32-17-19/h8-9,15-16,19H,3-7,10-14,17H2,1-2H3,(H,27,28,29). The van der Waals surface area contributed by atoms with Crippen LogP contribution in [0.2, 0.25) is 0 Å². The Bertz CT molecular complexity index is 1100.